The third-order valence-electron chi connectivity index (χ3n) is 4.70. The van der Waals surface area contributed by atoms with E-state index >= 15 is 0 Å². The van der Waals surface area contributed by atoms with Gasteiger partial charge in [0.05, 0.1) is 6.04 Å². The summed E-state index contributed by atoms with van der Waals surface area (Å²) >= 11 is 0. The monoisotopic (exact) mass is 293 g/mol. The molecule has 0 N–H and O–H groups in total. The third kappa shape index (κ3) is 2.25. The van der Waals surface area contributed by atoms with Crippen molar-refractivity contribution < 1.29 is 4.79 Å². The molecule has 0 bridgehead atoms. The molecule has 2 aliphatic rings. The SMILES string of the molecule is CN1C(=O)N(c2ccc(-c3ccccc3)cn2)CC1C1CC1. The Labute approximate surface area is 130 Å². The van der Waals surface area contributed by atoms with Gasteiger partial charge >= 0.3 is 6.03 Å². The summed E-state index contributed by atoms with van der Waals surface area (Å²) in [6, 6.07) is 14.6. The third-order valence-corrected chi connectivity index (χ3v) is 4.70. The summed E-state index contributed by atoms with van der Waals surface area (Å²) in [5, 5.41) is 0. The number of anilines is 1. The summed E-state index contributed by atoms with van der Waals surface area (Å²) < 4.78 is 0. The molecule has 1 aromatic carbocycles. The minimum Gasteiger partial charge on any atom is -0.322 e. The molecule has 2 amide bonds. The van der Waals surface area contributed by atoms with E-state index in [-0.39, 0.29) is 6.03 Å². The van der Waals surface area contributed by atoms with Crippen LogP contribution < -0.4 is 4.90 Å². The number of carbonyl (C=O) groups excluding carboxylic acids is 1. The molecule has 112 valence electrons. The number of pyridine rings is 1. The fraction of sp³-hybridized carbons (Fsp3) is 0.333. The molecule has 4 nitrogen and oxygen atoms in total. The van der Waals surface area contributed by atoms with Crippen molar-refractivity contribution in [3.8, 4) is 11.1 Å². The van der Waals surface area contributed by atoms with Crippen molar-refractivity contribution >= 4 is 11.8 Å². The van der Waals surface area contributed by atoms with Gasteiger partial charge in [0, 0.05) is 25.4 Å². The van der Waals surface area contributed by atoms with Crippen molar-refractivity contribution in [2.24, 2.45) is 5.92 Å². The maximum absolute atomic E-state index is 12.4. The zero-order chi connectivity index (χ0) is 15.1. The van der Waals surface area contributed by atoms with Gasteiger partial charge in [0.15, 0.2) is 0 Å². The van der Waals surface area contributed by atoms with E-state index in [0.717, 1.165) is 23.5 Å². The number of nitrogens with zero attached hydrogens (tertiary/aromatic N) is 3. The zero-order valence-corrected chi connectivity index (χ0v) is 12.6. The van der Waals surface area contributed by atoms with Crippen LogP contribution in [0.1, 0.15) is 12.8 Å². The number of hydrogen-bond donors (Lipinski definition) is 0. The van der Waals surface area contributed by atoms with Crippen LogP contribution in [0.25, 0.3) is 11.1 Å². The van der Waals surface area contributed by atoms with Crippen LogP contribution in [-0.4, -0.2) is 35.5 Å². The summed E-state index contributed by atoms with van der Waals surface area (Å²) in [6.45, 7) is 0.762. The van der Waals surface area contributed by atoms with Gasteiger partial charge in [0.25, 0.3) is 0 Å². The molecular weight excluding hydrogens is 274 g/mol. The van der Waals surface area contributed by atoms with Gasteiger partial charge in [-0.2, -0.15) is 0 Å². The van der Waals surface area contributed by atoms with Gasteiger partial charge < -0.3 is 4.90 Å². The molecule has 1 saturated heterocycles. The fourth-order valence-corrected chi connectivity index (χ4v) is 3.20. The molecule has 4 rings (SSSR count). The van der Waals surface area contributed by atoms with E-state index in [1.54, 1.807) is 4.90 Å². The smallest absolute Gasteiger partial charge is 0.322 e. The highest BCUT2D eigenvalue weighted by Crippen LogP contribution is 2.38. The highest BCUT2D eigenvalue weighted by atomic mass is 16.2. The lowest BCUT2D eigenvalue weighted by Crippen LogP contribution is -2.32. The van der Waals surface area contributed by atoms with Gasteiger partial charge in [0.2, 0.25) is 0 Å². The topological polar surface area (TPSA) is 36.4 Å². The number of aromatic nitrogens is 1. The van der Waals surface area contributed by atoms with Crippen molar-refractivity contribution in [3.63, 3.8) is 0 Å². The number of likely N-dealkylation sites (N-methyl/N-ethyl adjacent to an activating group) is 1. The largest absolute Gasteiger partial charge is 0.325 e. The normalized spacial score (nSPS) is 21.5. The van der Waals surface area contributed by atoms with E-state index < -0.39 is 0 Å². The van der Waals surface area contributed by atoms with Gasteiger partial charge in [0.1, 0.15) is 5.82 Å². The molecule has 2 heterocycles. The molecular formula is C18H19N3O. The van der Waals surface area contributed by atoms with E-state index in [1.165, 1.54) is 12.8 Å². The van der Waals surface area contributed by atoms with Crippen molar-refractivity contribution in [3.05, 3.63) is 48.7 Å². The Hall–Kier alpha value is -2.36. The van der Waals surface area contributed by atoms with Crippen LogP contribution in [0.2, 0.25) is 0 Å². The van der Waals surface area contributed by atoms with Gasteiger partial charge in [-0.3, -0.25) is 4.90 Å². The Kier molecular flexibility index (Phi) is 3.10. The molecule has 0 radical (unpaired) electrons. The van der Waals surface area contributed by atoms with Crippen molar-refractivity contribution in [1.29, 1.82) is 0 Å². The molecule has 1 aliphatic heterocycles. The quantitative estimate of drug-likeness (QED) is 0.869. The molecule has 0 spiro atoms. The molecule has 2 aromatic rings. The van der Waals surface area contributed by atoms with Crippen LogP contribution in [-0.2, 0) is 0 Å². The number of hydrogen-bond acceptors (Lipinski definition) is 2. The average molecular weight is 293 g/mol. The molecule has 1 atom stereocenters. The molecule has 1 unspecified atom stereocenters. The maximum atomic E-state index is 12.4. The summed E-state index contributed by atoms with van der Waals surface area (Å²) in [5.41, 5.74) is 2.21. The zero-order valence-electron chi connectivity index (χ0n) is 12.6. The van der Waals surface area contributed by atoms with Crippen LogP contribution in [0, 0.1) is 5.92 Å². The second-order valence-electron chi connectivity index (χ2n) is 6.18. The lowest BCUT2D eigenvalue weighted by atomic mass is 10.1. The Morgan fingerprint density at radius 1 is 1.05 bits per heavy atom. The number of carbonyl (C=O) groups is 1. The second-order valence-corrected chi connectivity index (χ2v) is 6.18. The summed E-state index contributed by atoms with van der Waals surface area (Å²) in [6.07, 6.45) is 4.34. The molecule has 22 heavy (non-hydrogen) atoms. The van der Waals surface area contributed by atoms with Crippen LogP contribution in [0.5, 0.6) is 0 Å². The van der Waals surface area contributed by atoms with E-state index in [9.17, 15) is 4.79 Å². The average Bonchev–Trinajstić information content (AvgIpc) is 3.36. The Bertz CT molecular complexity index is 679. The summed E-state index contributed by atoms with van der Waals surface area (Å²) in [4.78, 5) is 20.6. The highest BCUT2D eigenvalue weighted by molar-refractivity contribution is 5.93. The molecule has 1 saturated carbocycles. The number of benzene rings is 1. The first-order valence-electron chi connectivity index (χ1n) is 7.80. The summed E-state index contributed by atoms with van der Waals surface area (Å²) in [5.74, 6) is 1.43. The number of amides is 2. The minimum atomic E-state index is 0.0665. The van der Waals surface area contributed by atoms with Crippen LogP contribution in [0.15, 0.2) is 48.7 Å². The number of urea groups is 1. The first kappa shape index (κ1) is 13.3. The minimum absolute atomic E-state index is 0.0665. The van der Waals surface area contributed by atoms with Crippen molar-refractivity contribution in [1.82, 2.24) is 9.88 Å². The van der Waals surface area contributed by atoms with Crippen LogP contribution in [0.4, 0.5) is 10.6 Å². The lowest BCUT2D eigenvalue weighted by Gasteiger charge is -2.16. The van der Waals surface area contributed by atoms with E-state index in [4.69, 9.17) is 0 Å². The van der Waals surface area contributed by atoms with Gasteiger partial charge in [-0.05, 0) is 36.5 Å². The molecule has 1 aliphatic carbocycles. The molecule has 2 fully saturated rings. The van der Waals surface area contributed by atoms with Crippen molar-refractivity contribution in [2.75, 3.05) is 18.5 Å². The van der Waals surface area contributed by atoms with E-state index in [1.807, 2.05) is 48.5 Å². The Morgan fingerprint density at radius 2 is 1.82 bits per heavy atom. The van der Waals surface area contributed by atoms with Gasteiger partial charge in [-0.1, -0.05) is 30.3 Å². The Morgan fingerprint density at radius 3 is 2.45 bits per heavy atom. The van der Waals surface area contributed by atoms with Crippen LogP contribution in [0.3, 0.4) is 0 Å². The van der Waals surface area contributed by atoms with Gasteiger partial charge in [-0.25, -0.2) is 9.78 Å². The molecule has 1 aromatic heterocycles. The van der Waals surface area contributed by atoms with Gasteiger partial charge in [-0.15, -0.1) is 0 Å². The standard InChI is InChI=1S/C18H19N3O/c1-20-16(14-7-8-14)12-21(18(20)22)17-10-9-15(11-19-17)13-5-3-2-4-6-13/h2-6,9-11,14,16H,7-8,12H2,1H3. The second kappa shape index (κ2) is 5.13. The predicted octanol–water partition coefficient (Wildman–Crippen LogP) is 3.40. The summed E-state index contributed by atoms with van der Waals surface area (Å²) in [7, 11) is 1.91. The fourth-order valence-electron chi connectivity index (χ4n) is 3.20. The number of rotatable bonds is 3. The van der Waals surface area contributed by atoms with E-state index in [0.29, 0.717) is 12.0 Å². The maximum Gasteiger partial charge on any atom is 0.325 e. The van der Waals surface area contributed by atoms with E-state index in [2.05, 4.69) is 17.1 Å². The first-order chi connectivity index (χ1) is 10.7. The lowest BCUT2D eigenvalue weighted by molar-refractivity contribution is 0.214. The van der Waals surface area contributed by atoms with Crippen LogP contribution >= 0.6 is 0 Å². The highest BCUT2D eigenvalue weighted by Gasteiger charge is 2.44. The molecule has 4 heteroatoms. The first-order valence-corrected chi connectivity index (χ1v) is 7.80. The predicted molar refractivity (Wildman–Crippen MR) is 86.7 cm³/mol. The van der Waals surface area contributed by atoms with Crippen molar-refractivity contribution in [2.45, 2.75) is 18.9 Å². The Balaban J connectivity index is 1.57.